The van der Waals surface area contributed by atoms with Gasteiger partial charge in [-0.3, -0.25) is 23.4 Å². The summed E-state index contributed by atoms with van der Waals surface area (Å²) in [5.74, 6) is -8.15. The van der Waals surface area contributed by atoms with Crippen LogP contribution in [0.15, 0.2) is 0 Å². The third-order valence-electron chi connectivity index (χ3n) is 22.1. The van der Waals surface area contributed by atoms with E-state index in [2.05, 4.69) is 16.0 Å². The van der Waals surface area contributed by atoms with E-state index in [1.807, 2.05) is 0 Å². The van der Waals surface area contributed by atoms with Crippen molar-refractivity contribution < 1.29 is 266 Å². The van der Waals surface area contributed by atoms with Crippen LogP contribution in [0.2, 0.25) is 0 Å². The van der Waals surface area contributed by atoms with Crippen LogP contribution in [0.25, 0.3) is 0 Å². The molecule has 9 fully saturated rings. The Morgan fingerprint density at radius 1 is 0.397 bits per heavy atom. The number of phosphoric ester groups is 1. The highest BCUT2D eigenvalue weighted by Crippen LogP contribution is 2.45. The van der Waals surface area contributed by atoms with Crippen LogP contribution in [-0.2, 0) is 113 Å². The molecule has 1 unspecified atom stereocenters. The number of rotatable bonds is 38. The van der Waals surface area contributed by atoms with Crippen LogP contribution < -0.4 is 21.7 Å². The molecule has 0 saturated carbocycles. The average molecular weight is 1870 g/mol. The topological polar surface area (TPSA) is 930 Å². The maximum absolute atomic E-state index is 13.6. The summed E-state index contributed by atoms with van der Waals surface area (Å²) in [5.41, 5.74) is 5.40. The molecule has 0 radical (unpaired) electrons. The Morgan fingerprint density at radius 3 is 1.35 bits per heavy atom. The van der Waals surface area contributed by atoms with Crippen LogP contribution in [0.5, 0.6) is 0 Å². The van der Waals surface area contributed by atoms with E-state index in [-0.39, 0.29) is 0 Å². The van der Waals surface area contributed by atoms with Crippen LogP contribution in [-0.4, -0.2) is 543 Å². The molecule has 49 atom stereocenters. The summed E-state index contributed by atoms with van der Waals surface area (Å²) >= 11 is 0. The van der Waals surface area contributed by atoms with Gasteiger partial charge in [0.2, 0.25) is 17.7 Å². The lowest BCUT2D eigenvalue weighted by atomic mass is 9.91. The number of hydrogen-bond acceptors (Lipinski definition) is 53. The third-order valence-corrected chi connectivity index (χ3v) is 23.1. The molecule has 732 valence electrons. The van der Waals surface area contributed by atoms with E-state index in [0.29, 0.717) is 0 Å². The van der Waals surface area contributed by atoms with Gasteiger partial charge in [-0.2, -0.15) is 0 Å². The highest BCUT2D eigenvalue weighted by atomic mass is 31.2. The Kier molecular flexibility index (Phi) is 38.6. The maximum Gasteiger partial charge on any atom is 0.472 e. The standard InChI is InChI=1S/C67H115N4O54P/c1-16(77)69-29-36(89)34(87)27(112-58(29)102)14-108-59-30(70-17(2)78)37(90)35(88)28(116-59)15-109-67(66(103)104)6-19(80)52(53(125-67)21(82)8-73)120-63-48(101)55(47(100)51(117-63)23(84)13-111-126(105,106)110-5-4-68)122-64-57(42(95)40(93)49(118-64)20(81)7-72)124-65-56(123-60-31(71-18(3)79)38(91)32(85)24(9-74)113-60)43(96)41(94)50(119-65)22(83)12-107-61-46(99)44(97)54(26(11-76)115-61)121-62-45(98)39(92)33(86)25(10-75)114-62/h19-65,72-76,80-102H,4-15,68H2,1-3H3,(H,69,77)(H,70,78)(H,71,79)(H,103,104)(H,105,106)/t19-,20+,21-,22-,23+,24-,25-,26-,27-,28-,29-,30-,31-,32-,33-,34-,35-,36-,37-,38-,39+,40+,41+,42+,43+,44-,45-,46-,47-,48+,49-,50-,51-,52-,53-,54+,55+,56+,57+,58+,59-,60+,61-,62-,63-,64-,65-,67-/m1/s1. The van der Waals surface area contributed by atoms with Gasteiger partial charge in [-0.15, -0.1) is 0 Å². The quantitative estimate of drug-likeness (QED) is 0.0255. The molecule has 35 N–H and O–H groups in total. The minimum Gasteiger partial charge on any atom is -0.477 e. The van der Waals surface area contributed by atoms with Gasteiger partial charge in [0, 0.05) is 33.7 Å². The minimum absolute atomic E-state index is 0.399. The zero-order valence-corrected chi connectivity index (χ0v) is 67.8. The summed E-state index contributed by atoms with van der Waals surface area (Å²) in [6.07, 6.45) is -102. The minimum atomic E-state index is -5.27. The lowest BCUT2D eigenvalue weighted by Gasteiger charge is -2.51. The van der Waals surface area contributed by atoms with Crippen LogP contribution in [0, 0.1) is 0 Å². The maximum atomic E-state index is 13.6. The fourth-order valence-corrected chi connectivity index (χ4v) is 16.1. The van der Waals surface area contributed by atoms with E-state index in [9.17, 15) is 177 Å². The molecule has 0 aromatic rings. The molecular weight excluding hydrogens is 1760 g/mol. The zero-order valence-electron chi connectivity index (χ0n) is 66.9. The number of ether oxygens (including phenoxy) is 17. The van der Waals surface area contributed by atoms with Crippen LogP contribution >= 0.6 is 7.82 Å². The zero-order chi connectivity index (χ0) is 93.5. The Labute approximate surface area is 711 Å². The molecular formula is C67H115N4O54P. The summed E-state index contributed by atoms with van der Waals surface area (Å²) < 4.78 is 121. The number of nitrogens with two attached hydrogens (primary N) is 1. The van der Waals surface area contributed by atoms with Crippen LogP contribution in [0.1, 0.15) is 27.2 Å². The molecule has 0 aliphatic carbocycles. The van der Waals surface area contributed by atoms with Gasteiger partial charge < -0.3 is 255 Å². The van der Waals surface area contributed by atoms with Gasteiger partial charge in [0.05, 0.1) is 72.2 Å². The summed E-state index contributed by atoms with van der Waals surface area (Å²) in [7, 11) is -5.27. The number of aliphatic carboxylic acids is 1. The molecule has 3 amide bonds. The van der Waals surface area contributed by atoms with Gasteiger partial charge in [-0.05, 0) is 0 Å². The molecule has 9 saturated heterocycles. The Morgan fingerprint density at radius 2 is 0.810 bits per heavy atom. The number of amides is 3. The molecule has 9 heterocycles. The second kappa shape index (κ2) is 45.9. The van der Waals surface area contributed by atoms with Gasteiger partial charge in [0.25, 0.3) is 5.79 Å². The van der Waals surface area contributed by atoms with E-state index in [1.165, 1.54) is 0 Å². The predicted octanol–water partition coefficient (Wildman–Crippen LogP) is -22.2. The Bertz CT molecular complexity index is 3460. The highest BCUT2D eigenvalue weighted by Gasteiger charge is 2.63. The largest absolute Gasteiger partial charge is 0.477 e. The lowest BCUT2D eigenvalue weighted by molar-refractivity contribution is -0.410. The number of nitrogens with one attached hydrogen (secondary N) is 3. The molecule has 0 aromatic carbocycles. The molecule has 0 spiro atoms. The number of phosphoric acid groups is 1. The first kappa shape index (κ1) is 106. The Balaban J connectivity index is 1.02. The fraction of sp³-hybridized carbons (Fsp3) is 0.940. The number of carboxylic acid groups (broad SMARTS) is 1. The number of aliphatic hydroxyl groups excluding tert-OH is 28. The van der Waals surface area contributed by atoms with E-state index in [4.69, 9.17) is 95.3 Å². The van der Waals surface area contributed by atoms with Crippen molar-refractivity contribution in [2.45, 2.75) is 321 Å². The van der Waals surface area contributed by atoms with Crippen molar-refractivity contribution in [2.24, 2.45) is 5.73 Å². The van der Waals surface area contributed by atoms with Gasteiger partial charge in [0.1, 0.15) is 232 Å². The van der Waals surface area contributed by atoms with Crippen LogP contribution in [0.4, 0.5) is 0 Å². The number of carbonyl (C=O) groups excluding carboxylic acids is 3. The normalized spacial score (nSPS) is 46.4. The van der Waals surface area contributed by atoms with E-state index < -0.39 is 405 Å². The molecule has 0 bridgehead atoms. The summed E-state index contributed by atoms with van der Waals surface area (Å²) in [4.78, 5) is 60.8. The van der Waals surface area contributed by atoms with Crippen molar-refractivity contribution in [2.75, 3.05) is 72.6 Å². The van der Waals surface area contributed by atoms with Crippen molar-refractivity contribution >= 4 is 31.5 Å². The van der Waals surface area contributed by atoms with Crippen molar-refractivity contribution in [3.63, 3.8) is 0 Å². The number of aliphatic hydroxyl groups is 28. The Hall–Kier alpha value is -3.85. The third kappa shape index (κ3) is 24.3. The first-order chi connectivity index (χ1) is 59.2. The van der Waals surface area contributed by atoms with Crippen molar-refractivity contribution in [3.8, 4) is 0 Å². The number of carboxylic acids is 1. The number of hydrogen-bond donors (Lipinski definition) is 34. The molecule has 9 aliphatic heterocycles. The van der Waals surface area contributed by atoms with E-state index >= 15 is 0 Å². The summed E-state index contributed by atoms with van der Waals surface area (Å²) in [6.45, 7) is -9.12. The first-order valence-corrected chi connectivity index (χ1v) is 40.9. The van der Waals surface area contributed by atoms with Gasteiger partial charge in [-0.1, -0.05) is 0 Å². The van der Waals surface area contributed by atoms with E-state index in [1.54, 1.807) is 0 Å². The summed E-state index contributed by atoms with van der Waals surface area (Å²) in [6, 6.07) is -5.28. The summed E-state index contributed by atoms with van der Waals surface area (Å²) in [5, 5.41) is 332. The van der Waals surface area contributed by atoms with Gasteiger partial charge >= 0.3 is 13.8 Å². The number of carbonyl (C=O) groups is 4. The molecule has 126 heavy (non-hydrogen) atoms. The lowest BCUT2D eigenvalue weighted by Crippen LogP contribution is -2.70. The van der Waals surface area contributed by atoms with Crippen LogP contribution in [0.3, 0.4) is 0 Å². The molecule has 9 aliphatic rings. The second-order valence-corrected chi connectivity index (χ2v) is 32.6. The predicted molar refractivity (Wildman–Crippen MR) is 385 cm³/mol. The molecule has 9 rings (SSSR count). The monoisotopic (exact) mass is 1870 g/mol. The van der Waals surface area contributed by atoms with Gasteiger partial charge in [0.15, 0.2) is 50.3 Å². The molecule has 58 nitrogen and oxygen atoms in total. The molecule has 0 aromatic heterocycles. The second-order valence-electron chi connectivity index (χ2n) is 31.1. The average Bonchev–Trinajstić information content (AvgIpc) is 0.755. The fourth-order valence-electron chi connectivity index (χ4n) is 15.4. The van der Waals surface area contributed by atoms with Crippen molar-refractivity contribution in [1.82, 2.24) is 16.0 Å². The van der Waals surface area contributed by atoms with Gasteiger partial charge in [-0.25, -0.2) is 9.36 Å². The highest BCUT2D eigenvalue weighted by molar-refractivity contribution is 7.47. The van der Waals surface area contributed by atoms with Crippen molar-refractivity contribution in [1.29, 1.82) is 0 Å². The first-order valence-electron chi connectivity index (χ1n) is 39.4. The van der Waals surface area contributed by atoms with E-state index in [0.717, 1.165) is 20.8 Å². The molecule has 59 heteroatoms. The SMILES string of the molecule is CC(=O)N[C@@H]1[C@@H](O)[C@H](O)[C@@H](CO[C@@H]2O[C@H](CO[C@]3(C(=O)O)C[C@@H](O)[C@@H](O[C@H]4O[C@H]([C@@H](O)COP(=O)(O)OCCN)[C@@H](O)[C@H](O[C@H]5O[C@H]([C@@H](O)CO)[C@@H](O)[C@H](O)[C@@H]5O[C@H]5O[C@H]([C@H](O)CO[C@@H]6O[C@H](CO)[C@H](O[C@H]7O[C@H](CO)[C@@H](O)[C@H](O)[C@H]7O)[C@H](O)[C@H]6O)[C@@H](O)[C@H](O)[C@@H]5O[C@@H]5O[C@H](CO)[C@@H](O)[C@H](O)[C@H]5NC(C)=O)[C@@H]4O)[C@@H]([C@H](O)CO)O3)[C@@H](O)[C@H](O)[C@H]2NC(C)=O)O[C@@H]1O. The van der Waals surface area contributed by atoms with Crippen molar-refractivity contribution in [3.05, 3.63) is 0 Å². The smallest absolute Gasteiger partial charge is 0.472 e.